The van der Waals surface area contributed by atoms with Crippen LogP contribution in [0.2, 0.25) is 0 Å². The third-order valence-corrected chi connectivity index (χ3v) is 2.98. The van der Waals surface area contributed by atoms with Crippen LogP contribution in [0.3, 0.4) is 0 Å². The SMILES string of the molecule is CCCc1nc(NC)cc(NCCN(C)CCOC)n1. The second kappa shape index (κ2) is 9.50. The monoisotopic (exact) mass is 281 g/mol. The van der Waals surface area contributed by atoms with Crippen molar-refractivity contribution in [3.05, 3.63) is 11.9 Å². The van der Waals surface area contributed by atoms with E-state index < -0.39 is 0 Å². The van der Waals surface area contributed by atoms with Crippen molar-refractivity contribution in [2.24, 2.45) is 0 Å². The summed E-state index contributed by atoms with van der Waals surface area (Å²) in [5.41, 5.74) is 0. The minimum atomic E-state index is 0.758. The lowest BCUT2D eigenvalue weighted by Gasteiger charge is -2.16. The van der Waals surface area contributed by atoms with Crippen LogP contribution in [0.5, 0.6) is 0 Å². The lowest BCUT2D eigenvalue weighted by Crippen LogP contribution is -2.28. The maximum Gasteiger partial charge on any atom is 0.133 e. The molecule has 0 aromatic carbocycles. The number of hydrogen-bond acceptors (Lipinski definition) is 6. The first-order chi connectivity index (χ1) is 9.69. The molecule has 0 saturated carbocycles. The van der Waals surface area contributed by atoms with Crippen molar-refractivity contribution < 1.29 is 4.74 Å². The third-order valence-electron chi connectivity index (χ3n) is 2.98. The Morgan fingerprint density at radius 2 is 2.00 bits per heavy atom. The van der Waals surface area contributed by atoms with Gasteiger partial charge in [0, 0.05) is 46.3 Å². The van der Waals surface area contributed by atoms with Crippen LogP contribution in [0.4, 0.5) is 11.6 Å². The fourth-order valence-electron chi connectivity index (χ4n) is 1.78. The van der Waals surface area contributed by atoms with Gasteiger partial charge in [-0.3, -0.25) is 0 Å². The number of ether oxygens (including phenoxy) is 1. The van der Waals surface area contributed by atoms with Crippen LogP contribution in [0.15, 0.2) is 6.07 Å². The molecule has 2 N–H and O–H groups in total. The van der Waals surface area contributed by atoms with E-state index in [4.69, 9.17) is 4.74 Å². The first kappa shape index (κ1) is 16.7. The topological polar surface area (TPSA) is 62.3 Å². The van der Waals surface area contributed by atoms with Crippen molar-refractivity contribution in [1.29, 1.82) is 0 Å². The lowest BCUT2D eigenvalue weighted by molar-refractivity contribution is 0.163. The van der Waals surface area contributed by atoms with Gasteiger partial charge in [0.15, 0.2) is 0 Å². The summed E-state index contributed by atoms with van der Waals surface area (Å²) < 4.78 is 5.06. The first-order valence-electron chi connectivity index (χ1n) is 7.16. The molecule has 1 rings (SSSR count). The van der Waals surface area contributed by atoms with Gasteiger partial charge in [0.1, 0.15) is 17.5 Å². The summed E-state index contributed by atoms with van der Waals surface area (Å²) in [5, 5.41) is 6.43. The normalized spacial score (nSPS) is 10.8. The molecule has 0 amide bonds. The van der Waals surface area contributed by atoms with E-state index in [0.29, 0.717) is 0 Å². The van der Waals surface area contributed by atoms with Crippen LogP contribution < -0.4 is 10.6 Å². The molecule has 1 heterocycles. The molecule has 0 unspecified atom stereocenters. The molecule has 0 radical (unpaired) electrons. The van der Waals surface area contributed by atoms with Crippen molar-refractivity contribution in [2.75, 3.05) is 58.1 Å². The van der Waals surface area contributed by atoms with Gasteiger partial charge >= 0.3 is 0 Å². The molecule has 0 bridgehead atoms. The fourth-order valence-corrected chi connectivity index (χ4v) is 1.78. The molecular formula is C14H27N5O. The van der Waals surface area contributed by atoms with E-state index >= 15 is 0 Å². The zero-order valence-electron chi connectivity index (χ0n) is 13.1. The van der Waals surface area contributed by atoms with Gasteiger partial charge < -0.3 is 20.3 Å². The minimum absolute atomic E-state index is 0.758. The van der Waals surface area contributed by atoms with Crippen LogP contribution in [-0.4, -0.2) is 62.3 Å². The quantitative estimate of drug-likeness (QED) is 0.677. The number of likely N-dealkylation sites (N-methyl/N-ethyl adjacent to an activating group) is 1. The highest BCUT2D eigenvalue weighted by atomic mass is 16.5. The molecule has 20 heavy (non-hydrogen) atoms. The van der Waals surface area contributed by atoms with Gasteiger partial charge in [-0.25, -0.2) is 9.97 Å². The highest BCUT2D eigenvalue weighted by Gasteiger charge is 2.04. The van der Waals surface area contributed by atoms with Crippen LogP contribution in [-0.2, 0) is 11.2 Å². The summed E-state index contributed by atoms with van der Waals surface area (Å²) in [7, 11) is 5.68. The van der Waals surface area contributed by atoms with E-state index in [1.54, 1.807) is 7.11 Å². The average molecular weight is 281 g/mol. The summed E-state index contributed by atoms with van der Waals surface area (Å²) in [6.07, 6.45) is 1.95. The van der Waals surface area contributed by atoms with Gasteiger partial charge in [0.2, 0.25) is 0 Å². The molecule has 0 atom stereocenters. The predicted molar refractivity (Wildman–Crippen MR) is 83.4 cm³/mol. The minimum Gasteiger partial charge on any atom is -0.383 e. The second-order valence-corrected chi connectivity index (χ2v) is 4.78. The number of hydrogen-bond donors (Lipinski definition) is 2. The Labute approximate surface area is 121 Å². The number of methoxy groups -OCH3 is 1. The van der Waals surface area contributed by atoms with Crippen LogP contribution in [0.25, 0.3) is 0 Å². The van der Waals surface area contributed by atoms with E-state index in [1.807, 2.05) is 13.1 Å². The Morgan fingerprint density at radius 1 is 1.25 bits per heavy atom. The van der Waals surface area contributed by atoms with E-state index in [-0.39, 0.29) is 0 Å². The van der Waals surface area contributed by atoms with Gasteiger partial charge in [-0.05, 0) is 13.5 Å². The van der Waals surface area contributed by atoms with Crippen LogP contribution in [0, 0.1) is 0 Å². The number of nitrogens with one attached hydrogen (secondary N) is 2. The zero-order valence-corrected chi connectivity index (χ0v) is 13.1. The molecule has 0 fully saturated rings. The van der Waals surface area contributed by atoms with E-state index in [0.717, 1.165) is 56.5 Å². The maximum atomic E-state index is 5.06. The number of nitrogens with zero attached hydrogens (tertiary/aromatic N) is 3. The Bertz CT molecular complexity index is 386. The first-order valence-corrected chi connectivity index (χ1v) is 7.16. The van der Waals surface area contributed by atoms with Gasteiger partial charge in [-0.15, -0.1) is 0 Å². The molecule has 0 aliphatic heterocycles. The average Bonchev–Trinajstić information content (AvgIpc) is 2.45. The standard InChI is InChI=1S/C14H27N5O/c1-5-6-12-17-13(15-2)11-14(18-12)16-7-8-19(3)9-10-20-4/h11H,5-10H2,1-4H3,(H2,15,16,17,18). The van der Waals surface area contributed by atoms with E-state index in [1.165, 1.54) is 0 Å². The Morgan fingerprint density at radius 3 is 2.65 bits per heavy atom. The van der Waals surface area contributed by atoms with Crippen molar-refractivity contribution in [1.82, 2.24) is 14.9 Å². The van der Waals surface area contributed by atoms with E-state index in [9.17, 15) is 0 Å². The number of anilines is 2. The Balaban J connectivity index is 2.47. The number of rotatable bonds is 10. The summed E-state index contributed by atoms with van der Waals surface area (Å²) in [5.74, 6) is 2.63. The van der Waals surface area contributed by atoms with E-state index in [2.05, 4.69) is 39.5 Å². The van der Waals surface area contributed by atoms with Gasteiger partial charge in [0.05, 0.1) is 6.61 Å². The highest BCUT2D eigenvalue weighted by molar-refractivity contribution is 5.47. The number of aryl methyl sites for hydroxylation is 1. The number of aromatic nitrogens is 2. The summed E-state index contributed by atoms with van der Waals surface area (Å²) in [4.78, 5) is 11.2. The summed E-state index contributed by atoms with van der Waals surface area (Å²) in [6, 6.07) is 1.94. The van der Waals surface area contributed by atoms with Gasteiger partial charge in [-0.1, -0.05) is 6.92 Å². The van der Waals surface area contributed by atoms with Crippen molar-refractivity contribution >= 4 is 11.6 Å². The Kier molecular flexibility index (Phi) is 7.91. The summed E-state index contributed by atoms with van der Waals surface area (Å²) in [6.45, 7) is 5.63. The molecule has 1 aromatic rings. The third kappa shape index (κ3) is 6.16. The van der Waals surface area contributed by atoms with Crippen molar-refractivity contribution in [2.45, 2.75) is 19.8 Å². The molecule has 0 saturated heterocycles. The zero-order chi connectivity index (χ0) is 14.8. The summed E-state index contributed by atoms with van der Waals surface area (Å²) >= 11 is 0. The van der Waals surface area contributed by atoms with Crippen LogP contribution in [0.1, 0.15) is 19.2 Å². The van der Waals surface area contributed by atoms with Gasteiger partial charge in [-0.2, -0.15) is 0 Å². The predicted octanol–water partition coefficient (Wildman–Crippen LogP) is 1.46. The molecule has 0 aliphatic carbocycles. The molecular weight excluding hydrogens is 254 g/mol. The highest BCUT2D eigenvalue weighted by Crippen LogP contribution is 2.11. The van der Waals surface area contributed by atoms with Crippen molar-refractivity contribution in [3.8, 4) is 0 Å². The largest absolute Gasteiger partial charge is 0.383 e. The molecule has 0 aliphatic rings. The second-order valence-electron chi connectivity index (χ2n) is 4.78. The lowest BCUT2D eigenvalue weighted by atomic mass is 10.3. The molecule has 6 nitrogen and oxygen atoms in total. The van der Waals surface area contributed by atoms with Crippen molar-refractivity contribution in [3.63, 3.8) is 0 Å². The molecule has 1 aromatic heterocycles. The maximum absolute atomic E-state index is 5.06. The molecule has 114 valence electrons. The van der Waals surface area contributed by atoms with Gasteiger partial charge in [0.25, 0.3) is 0 Å². The molecule has 0 spiro atoms. The smallest absolute Gasteiger partial charge is 0.133 e. The molecule has 6 heteroatoms. The Hall–Kier alpha value is -1.40. The van der Waals surface area contributed by atoms with Crippen LogP contribution >= 0.6 is 0 Å². The fraction of sp³-hybridized carbons (Fsp3) is 0.714.